The van der Waals surface area contributed by atoms with Crippen LogP contribution in [0.5, 0.6) is 0 Å². The standard InChI is InChI=1S/C63H45N/c1-62(47-21-8-3-9-22-47)57-30-16-14-27-54(57)55-42-41-52(43-60(55)62)64(50-37-33-45(34-38-50)44-19-6-2-7-20-44)51-39-35-46(36-40-51)53-29-18-32-59-61(53)56-28-15-17-31-58(56)63(59,48-23-10-4-11-24-48)49-25-12-5-13-26-49/h2-43H,1H3. The Kier molecular flexibility index (Phi) is 8.91. The van der Waals surface area contributed by atoms with Gasteiger partial charge in [-0.25, -0.2) is 0 Å². The van der Waals surface area contributed by atoms with Crippen LogP contribution in [-0.4, -0.2) is 0 Å². The van der Waals surface area contributed by atoms with Crippen LogP contribution in [0.3, 0.4) is 0 Å². The van der Waals surface area contributed by atoms with Crippen molar-refractivity contribution in [2.75, 3.05) is 4.90 Å². The SMILES string of the molecule is CC1(c2ccccc2)c2ccccc2-c2ccc(N(c3ccc(-c4ccccc4)cc3)c3ccc(-c4cccc5c4-c4ccccc4C5(c4ccccc4)c4ccccc4)cc3)cc21. The van der Waals surface area contributed by atoms with Crippen LogP contribution in [0.1, 0.15) is 45.9 Å². The van der Waals surface area contributed by atoms with E-state index in [1.54, 1.807) is 0 Å². The van der Waals surface area contributed by atoms with Crippen molar-refractivity contribution in [2.45, 2.75) is 17.8 Å². The van der Waals surface area contributed by atoms with Crippen LogP contribution in [-0.2, 0) is 10.8 Å². The predicted molar refractivity (Wildman–Crippen MR) is 267 cm³/mol. The van der Waals surface area contributed by atoms with Gasteiger partial charge in [0.15, 0.2) is 0 Å². The van der Waals surface area contributed by atoms with Crippen molar-refractivity contribution >= 4 is 17.1 Å². The van der Waals surface area contributed by atoms with Crippen molar-refractivity contribution in [3.63, 3.8) is 0 Å². The molecule has 302 valence electrons. The first-order chi connectivity index (χ1) is 31.6. The molecule has 2 aliphatic carbocycles. The number of rotatable bonds is 8. The van der Waals surface area contributed by atoms with Crippen LogP contribution in [0.2, 0.25) is 0 Å². The molecule has 0 spiro atoms. The quantitative estimate of drug-likeness (QED) is 0.148. The number of anilines is 3. The van der Waals surface area contributed by atoms with Crippen molar-refractivity contribution in [2.24, 2.45) is 0 Å². The van der Waals surface area contributed by atoms with Crippen molar-refractivity contribution in [1.29, 1.82) is 0 Å². The van der Waals surface area contributed by atoms with Crippen molar-refractivity contribution in [3.05, 3.63) is 294 Å². The molecule has 12 rings (SSSR count). The molecule has 10 aromatic rings. The Bertz CT molecular complexity index is 3260. The maximum absolute atomic E-state index is 2.44. The van der Waals surface area contributed by atoms with Crippen molar-refractivity contribution in [1.82, 2.24) is 0 Å². The number of hydrogen-bond acceptors (Lipinski definition) is 1. The molecule has 0 saturated heterocycles. The van der Waals surface area contributed by atoms with Gasteiger partial charge >= 0.3 is 0 Å². The highest BCUT2D eigenvalue weighted by Gasteiger charge is 2.47. The Balaban J connectivity index is 1.01. The normalized spacial score (nSPS) is 15.1. The molecule has 0 aromatic heterocycles. The Morgan fingerprint density at radius 1 is 0.281 bits per heavy atom. The second kappa shape index (κ2) is 15.1. The lowest BCUT2D eigenvalue weighted by Gasteiger charge is -2.34. The number of nitrogens with zero attached hydrogens (tertiary/aromatic N) is 1. The summed E-state index contributed by atoms with van der Waals surface area (Å²) < 4.78 is 0. The average molecular weight is 816 g/mol. The molecular formula is C63H45N. The highest BCUT2D eigenvalue weighted by atomic mass is 15.1. The minimum Gasteiger partial charge on any atom is -0.310 e. The Morgan fingerprint density at radius 3 is 1.34 bits per heavy atom. The zero-order chi connectivity index (χ0) is 42.7. The first-order valence-electron chi connectivity index (χ1n) is 22.3. The fourth-order valence-corrected chi connectivity index (χ4v) is 11.1. The molecule has 0 amide bonds. The van der Waals surface area contributed by atoms with Crippen LogP contribution < -0.4 is 4.90 Å². The summed E-state index contributed by atoms with van der Waals surface area (Å²) in [7, 11) is 0. The van der Waals surface area contributed by atoms with Gasteiger partial charge in [0.05, 0.1) is 5.41 Å². The van der Waals surface area contributed by atoms with Gasteiger partial charge in [-0.05, 0) is 127 Å². The van der Waals surface area contributed by atoms with Gasteiger partial charge in [0.2, 0.25) is 0 Å². The fraction of sp³-hybridized carbons (Fsp3) is 0.0476. The minimum absolute atomic E-state index is 0.311. The number of fused-ring (bicyclic) bond motifs is 6. The van der Waals surface area contributed by atoms with E-state index in [-0.39, 0.29) is 5.41 Å². The Hall–Kier alpha value is -8.00. The summed E-state index contributed by atoms with van der Waals surface area (Å²) in [4.78, 5) is 2.42. The minimum atomic E-state index is -0.450. The third-order valence-electron chi connectivity index (χ3n) is 14.1. The molecule has 2 aliphatic rings. The highest BCUT2D eigenvalue weighted by molar-refractivity contribution is 5.96. The molecule has 1 nitrogen and oxygen atoms in total. The lowest BCUT2D eigenvalue weighted by atomic mass is 9.67. The van der Waals surface area contributed by atoms with Crippen LogP contribution in [0.25, 0.3) is 44.5 Å². The molecule has 0 fully saturated rings. The molecule has 0 aliphatic heterocycles. The third kappa shape index (κ3) is 5.71. The zero-order valence-corrected chi connectivity index (χ0v) is 35.7. The maximum Gasteiger partial charge on any atom is 0.0713 e. The summed E-state index contributed by atoms with van der Waals surface area (Å²) in [5.41, 5.74) is 21.7. The molecule has 0 N–H and O–H groups in total. The second-order valence-corrected chi connectivity index (χ2v) is 17.3. The molecule has 1 heteroatoms. The van der Waals surface area contributed by atoms with Crippen LogP contribution in [0, 0.1) is 0 Å². The fourth-order valence-electron chi connectivity index (χ4n) is 11.1. The summed E-state index contributed by atoms with van der Waals surface area (Å²) >= 11 is 0. The van der Waals surface area contributed by atoms with Gasteiger partial charge in [0.1, 0.15) is 0 Å². The molecule has 64 heavy (non-hydrogen) atoms. The van der Waals surface area contributed by atoms with Gasteiger partial charge in [-0.2, -0.15) is 0 Å². The first kappa shape index (κ1) is 37.7. The lowest BCUT2D eigenvalue weighted by molar-refractivity contribution is 0.714. The van der Waals surface area contributed by atoms with E-state index in [0.717, 1.165) is 17.1 Å². The van der Waals surface area contributed by atoms with Crippen LogP contribution in [0.15, 0.2) is 255 Å². The van der Waals surface area contributed by atoms with E-state index in [1.165, 1.54) is 83.5 Å². The van der Waals surface area contributed by atoms with E-state index in [9.17, 15) is 0 Å². The average Bonchev–Trinajstić information content (AvgIpc) is 3.83. The third-order valence-corrected chi connectivity index (χ3v) is 14.1. The summed E-state index contributed by atoms with van der Waals surface area (Å²) in [6, 6.07) is 94.0. The molecule has 0 heterocycles. The molecule has 0 bridgehead atoms. The van der Waals surface area contributed by atoms with E-state index in [4.69, 9.17) is 0 Å². The predicted octanol–water partition coefficient (Wildman–Crippen LogP) is 16.2. The number of hydrogen-bond donors (Lipinski definition) is 0. The lowest BCUT2D eigenvalue weighted by Crippen LogP contribution is -2.28. The summed E-state index contributed by atoms with van der Waals surface area (Å²) in [5, 5.41) is 0. The smallest absolute Gasteiger partial charge is 0.0713 e. The zero-order valence-electron chi connectivity index (χ0n) is 35.7. The van der Waals surface area contributed by atoms with Gasteiger partial charge in [0.25, 0.3) is 0 Å². The molecular weight excluding hydrogens is 771 g/mol. The second-order valence-electron chi connectivity index (χ2n) is 17.3. The van der Waals surface area contributed by atoms with Gasteiger partial charge in [0, 0.05) is 22.5 Å². The van der Waals surface area contributed by atoms with Crippen molar-refractivity contribution < 1.29 is 0 Å². The van der Waals surface area contributed by atoms with Gasteiger partial charge in [-0.1, -0.05) is 218 Å². The van der Waals surface area contributed by atoms with E-state index >= 15 is 0 Å². The van der Waals surface area contributed by atoms with Gasteiger partial charge in [-0.3, -0.25) is 0 Å². The molecule has 1 atom stereocenters. The van der Waals surface area contributed by atoms with E-state index < -0.39 is 5.41 Å². The molecule has 0 saturated carbocycles. The molecule has 1 unspecified atom stereocenters. The Labute approximate surface area is 376 Å². The van der Waals surface area contributed by atoms with Gasteiger partial charge < -0.3 is 4.90 Å². The van der Waals surface area contributed by atoms with Crippen molar-refractivity contribution in [3.8, 4) is 44.5 Å². The van der Waals surface area contributed by atoms with E-state index in [1.807, 2.05) is 0 Å². The monoisotopic (exact) mass is 815 g/mol. The summed E-state index contributed by atoms with van der Waals surface area (Å²) in [6.07, 6.45) is 0. The number of benzene rings is 10. The topological polar surface area (TPSA) is 3.24 Å². The highest BCUT2D eigenvalue weighted by Crippen LogP contribution is 2.59. The largest absolute Gasteiger partial charge is 0.310 e. The maximum atomic E-state index is 2.44. The van der Waals surface area contributed by atoms with E-state index in [0.29, 0.717) is 0 Å². The van der Waals surface area contributed by atoms with Crippen LogP contribution in [0.4, 0.5) is 17.1 Å². The van der Waals surface area contributed by atoms with Crippen LogP contribution >= 0.6 is 0 Å². The molecule has 0 radical (unpaired) electrons. The molecule has 10 aromatic carbocycles. The van der Waals surface area contributed by atoms with E-state index in [2.05, 4.69) is 267 Å². The Morgan fingerprint density at radius 2 is 0.719 bits per heavy atom. The van der Waals surface area contributed by atoms with Gasteiger partial charge in [-0.15, -0.1) is 0 Å². The summed E-state index contributed by atoms with van der Waals surface area (Å²) in [5.74, 6) is 0. The summed E-state index contributed by atoms with van der Waals surface area (Å²) in [6.45, 7) is 2.39. The first-order valence-corrected chi connectivity index (χ1v) is 22.3.